The van der Waals surface area contributed by atoms with Crippen molar-refractivity contribution in [2.24, 2.45) is 5.92 Å². The fourth-order valence-electron chi connectivity index (χ4n) is 2.37. The molecule has 0 atom stereocenters. The van der Waals surface area contributed by atoms with Crippen LogP contribution in [0.25, 0.3) is 5.70 Å². The molecule has 6 heteroatoms. The van der Waals surface area contributed by atoms with Crippen LogP contribution in [0.1, 0.15) is 34.6 Å². The molecule has 25 heavy (non-hydrogen) atoms. The molecular weight excluding hydrogens is 336 g/mol. The van der Waals surface area contributed by atoms with Crippen LogP contribution in [0.3, 0.4) is 0 Å². The standard InChI is InChI=1S/C19H20N2O3S/c1-5-11-20-18(23)15(12(2)3)21-19(24)13(4)17(25-21)16(22)14-9-7-6-8-10-14/h1,6-10,12,20,23H,11H2,2-4H3/b18-15-. The number of rotatable bonds is 6. The maximum absolute atomic E-state index is 12.7. The van der Waals surface area contributed by atoms with E-state index < -0.39 is 0 Å². The van der Waals surface area contributed by atoms with Gasteiger partial charge in [-0.15, -0.1) is 6.42 Å². The summed E-state index contributed by atoms with van der Waals surface area (Å²) in [5.41, 5.74) is 0.952. The second kappa shape index (κ2) is 7.86. The van der Waals surface area contributed by atoms with Gasteiger partial charge in [-0.1, -0.05) is 50.1 Å². The number of carbonyl (C=O) groups excluding carboxylic acids is 1. The van der Waals surface area contributed by atoms with Gasteiger partial charge in [-0.25, -0.2) is 3.96 Å². The van der Waals surface area contributed by atoms with Crippen LogP contribution in [-0.2, 0) is 0 Å². The lowest BCUT2D eigenvalue weighted by Gasteiger charge is -2.14. The van der Waals surface area contributed by atoms with Gasteiger partial charge in [-0.05, 0) is 18.5 Å². The first-order valence-corrected chi connectivity index (χ1v) is 8.59. The van der Waals surface area contributed by atoms with Gasteiger partial charge in [0.05, 0.1) is 12.2 Å². The number of ketones is 1. The Morgan fingerprint density at radius 3 is 2.56 bits per heavy atom. The zero-order valence-electron chi connectivity index (χ0n) is 14.4. The van der Waals surface area contributed by atoms with Crippen LogP contribution in [0.2, 0.25) is 0 Å². The summed E-state index contributed by atoms with van der Waals surface area (Å²) < 4.78 is 1.36. The average Bonchev–Trinajstić information content (AvgIpc) is 2.89. The zero-order chi connectivity index (χ0) is 18.6. The van der Waals surface area contributed by atoms with Gasteiger partial charge in [0.25, 0.3) is 5.56 Å². The maximum Gasteiger partial charge on any atom is 0.268 e. The highest BCUT2D eigenvalue weighted by molar-refractivity contribution is 7.09. The molecule has 0 spiro atoms. The molecule has 0 aliphatic heterocycles. The molecule has 0 radical (unpaired) electrons. The highest BCUT2D eigenvalue weighted by Crippen LogP contribution is 2.24. The van der Waals surface area contributed by atoms with Crippen molar-refractivity contribution >= 4 is 23.0 Å². The Labute approximate surface area is 150 Å². The number of allylic oxidation sites excluding steroid dienone is 1. The molecule has 130 valence electrons. The minimum Gasteiger partial charge on any atom is -0.494 e. The number of carbonyl (C=O) groups is 1. The predicted octanol–water partition coefficient (Wildman–Crippen LogP) is 3.01. The smallest absolute Gasteiger partial charge is 0.268 e. The van der Waals surface area contributed by atoms with Crippen molar-refractivity contribution in [3.8, 4) is 12.3 Å². The number of nitrogens with one attached hydrogen (secondary N) is 1. The van der Waals surface area contributed by atoms with Crippen LogP contribution in [-0.4, -0.2) is 21.4 Å². The summed E-state index contributed by atoms with van der Waals surface area (Å²) in [6, 6.07) is 8.80. The molecule has 1 aromatic heterocycles. The van der Waals surface area contributed by atoms with Gasteiger partial charge < -0.3 is 10.4 Å². The molecule has 0 bridgehead atoms. The Balaban J connectivity index is 2.56. The van der Waals surface area contributed by atoms with Crippen LogP contribution in [0, 0.1) is 25.2 Å². The second-order valence-electron chi connectivity index (χ2n) is 5.79. The van der Waals surface area contributed by atoms with Crippen molar-refractivity contribution in [1.29, 1.82) is 0 Å². The number of benzene rings is 1. The molecule has 0 saturated heterocycles. The highest BCUT2D eigenvalue weighted by atomic mass is 32.1. The van der Waals surface area contributed by atoms with Crippen LogP contribution in [0.5, 0.6) is 0 Å². The number of aliphatic hydroxyl groups excluding tert-OH is 1. The van der Waals surface area contributed by atoms with E-state index in [0.717, 1.165) is 11.5 Å². The van der Waals surface area contributed by atoms with Gasteiger partial charge in [-0.2, -0.15) is 0 Å². The van der Waals surface area contributed by atoms with E-state index in [9.17, 15) is 14.7 Å². The van der Waals surface area contributed by atoms with Gasteiger partial charge >= 0.3 is 0 Å². The summed E-state index contributed by atoms with van der Waals surface area (Å²) in [5, 5.41) is 13.0. The molecule has 2 rings (SSSR count). The minimum atomic E-state index is -0.318. The lowest BCUT2D eigenvalue weighted by molar-refractivity contribution is 0.104. The first-order chi connectivity index (χ1) is 11.9. The third-order valence-electron chi connectivity index (χ3n) is 3.64. The van der Waals surface area contributed by atoms with Crippen molar-refractivity contribution in [3.63, 3.8) is 0 Å². The Morgan fingerprint density at radius 1 is 1.36 bits per heavy atom. The maximum atomic E-state index is 12.7. The molecular formula is C19H20N2O3S. The van der Waals surface area contributed by atoms with E-state index in [2.05, 4.69) is 11.2 Å². The Hall–Kier alpha value is -2.78. The van der Waals surface area contributed by atoms with Crippen LogP contribution < -0.4 is 10.9 Å². The molecule has 1 aromatic carbocycles. The summed E-state index contributed by atoms with van der Waals surface area (Å²) in [6.45, 7) is 5.46. The first-order valence-electron chi connectivity index (χ1n) is 7.82. The quantitative estimate of drug-likeness (QED) is 0.474. The van der Waals surface area contributed by atoms with E-state index in [1.54, 1.807) is 31.2 Å². The van der Waals surface area contributed by atoms with E-state index >= 15 is 0 Å². The summed E-state index contributed by atoms with van der Waals surface area (Å²) in [4.78, 5) is 25.7. The lowest BCUT2D eigenvalue weighted by Crippen LogP contribution is -2.23. The van der Waals surface area contributed by atoms with Crippen LogP contribution in [0.4, 0.5) is 0 Å². The lowest BCUT2D eigenvalue weighted by atomic mass is 10.1. The average molecular weight is 356 g/mol. The first kappa shape index (κ1) is 18.6. The van der Waals surface area contributed by atoms with Gasteiger partial charge in [-0.3, -0.25) is 9.59 Å². The molecule has 0 unspecified atom stereocenters. The molecule has 0 fully saturated rings. The number of hydrogen-bond donors (Lipinski definition) is 2. The van der Waals surface area contributed by atoms with Crippen LogP contribution >= 0.6 is 11.5 Å². The molecule has 2 N–H and O–H groups in total. The Kier molecular flexibility index (Phi) is 5.84. The number of aromatic nitrogens is 1. The van der Waals surface area contributed by atoms with E-state index in [1.165, 1.54) is 3.96 Å². The molecule has 0 amide bonds. The number of hydrogen-bond acceptors (Lipinski definition) is 5. The van der Waals surface area contributed by atoms with E-state index in [-0.39, 0.29) is 29.7 Å². The van der Waals surface area contributed by atoms with Gasteiger partial charge in [0.2, 0.25) is 11.7 Å². The van der Waals surface area contributed by atoms with Gasteiger partial charge in [0, 0.05) is 17.0 Å². The zero-order valence-corrected chi connectivity index (χ0v) is 15.2. The van der Waals surface area contributed by atoms with E-state index in [4.69, 9.17) is 6.42 Å². The third-order valence-corrected chi connectivity index (χ3v) is 4.86. The highest BCUT2D eigenvalue weighted by Gasteiger charge is 2.23. The summed E-state index contributed by atoms with van der Waals surface area (Å²) in [5.74, 6) is 1.85. The predicted molar refractivity (Wildman–Crippen MR) is 101 cm³/mol. The largest absolute Gasteiger partial charge is 0.494 e. The van der Waals surface area contributed by atoms with Crippen molar-refractivity contribution in [1.82, 2.24) is 9.27 Å². The van der Waals surface area contributed by atoms with Gasteiger partial charge in [0.15, 0.2) is 0 Å². The number of terminal acetylenes is 1. The van der Waals surface area contributed by atoms with Gasteiger partial charge in [0.1, 0.15) is 4.88 Å². The molecule has 1 heterocycles. The normalized spacial score (nSPS) is 11.8. The van der Waals surface area contributed by atoms with Crippen molar-refractivity contribution in [2.75, 3.05) is 6.54 Å². The van der Waals surface area contributed by atoms with Crippen molar-refractivity contribution in [3.05, 3.63) is 62.6 Å². The minimum absolute atomic E-state index is 0.136. The number of nitrogens with zero attached hydrogens (tertiary/aromatic N) is 1. The van der Waals surface area contributed by atoms with Crippen molar-refractivity contribution in [2.45, 2.75) is 20.8 Å². The fourth-order valence-corrected chi connectivity index (χ4v) is 3.59. The Bertz CT molecular complexity index is 899. The molecule has 0 aliphatic carbocycles. The molecule has 0 aliphatic rings. The van der Waals surface area contributed by atoms with E-state index in [0.29, 0.717) is 21.7 Å². The second-order valence-corrected chi connectivity index (χ2v) is 6.74. The topological polar surface area (TPSA) is 71.3 Å². The molecule has 2 aromatic rings. The molecule has 0 saturated carbocycles. The number of aliphatic hydroxyl groups is 1. The summed E-state index contributed by atoms with van der Waals surface area (Å²) in [6.07, 6.45) is 5.20. The molecule has 5 nitrogen and oxygen atoms in total. The SMILES string of the molecule is C#CCN/C(O)=C(\C(C)C)n1sc(C(=O)c2ccccc2)c(C)c1=O. The summed E-state index contributed by atoms with van der Waals surface area (Å²) >= 11 is 1.03. The fraction of sp³-hybridized carbons (Fsp3) is 0.263. The van der Waals surface area contributed by atoms with Crippen LogP contribution in [0.15, 0.2) is 41.0 Å². The van der Waals surface area contributed by atoms with E-state index in [1.807, 2.05) is 19.9 Å². The van der Waals surface area contributed by atoms with Crippen molar-refractivity contribution < 1.29 is 9.90 Å². The third kappa shape index (κ3) is 3.83. The summed E-state index contributed by atoms with van der Waals surface area (Å²) in [7, 11) is 0. The monoisotopic (exact) mass is 356 g/mol. The Morgan fingerprint density at radius 2 is 2.00 bits per heavy atom.